The lowest BCUT2D eigenvalue weighted by molar-refractivity contribution is 0.0474. The number of hydrogen-bond acceptors (Lipinski definition) is 3. The molecule has 0 amide bonds. The van der Waals surface area contributed by atoms with Crippen LogP contribution < -0.4 is 5.73 Å². The topological polar surface area (TPSA) is 52.3 Å². The number of carbonyl (C=O) groups is 1. The summed E-state index contributed by atoms with van der Waals surface area (Å²) in [7, 11) is 0. The molecule has 0 atom stereocenters. The number of benzene rings is 2. The van der Waals surface area contributed by atoms with Crippen molar-refractivity contribution in [2.45, 2.75) is 6.61 Å². The van der Waals surface area contributed by atoms with Gasteiger partial charge in [0, 0.05) is 25.8 Å². The fraction of sp³-hybridized carbons (Fsp3) is 0.0714. The van der Waals surface area contributed by atoms with E-state index >= 15 is 0 Å². The fourth-order valence-corrected chi connectivity index (χ4v) is 2.47. The normalized spacial score (nSPS) is 10.3. The van der Waals surface area contributed by atoms with Crippen molar-refractivity contribution in [2.75, 3.05) is 5.73 Å². The van der Waals surface area contributed by atoms with E-state index < -0.39 is 5.97 Å². The molecule has 2 aromatic carbocycles. The first-order chi connectivity index (χ1) is 9.47. The average Bonchev–Trinajstić information content (AvgIpc) is 2.40. The molecule has 0 aliphatic heterocycles. The summed E-state index contributed by atoms with van der Waals surface area (Å²) in [6.45, 7) is 0.0664. The van der Waals surface area contributed by atoms with Gasteiger partial charge in [-0.05, 0) is 30.3 Å². The number of ether oxygens (including phenoxy) is 1. The van der Waals surface area contributed by atoms with E-state index in [9.17, 15) is 4.79 Å². The van der Waals surface area contributed by atoms with Gasteiger partial charge < -0.3 is 10.5 Å². The molecule has 0 aliphatic rings. The van der Waals surface area contributed by atoms with E-state index in [0.29, 0.717) is 21.3 Å². The average molecular weight is 375 g/mol. The van der Waals surface area contributed by atoms with Crippen LogP contribution in [0.4, 0.5) is 5.69 Å². The van der Waals surface area contributed by atoms with E-state index in [1.165, 1.54) is 6.07 Å². The molecule has 0 aliphatic carbocycles. The van der Waals surface area contributed by atoms with Gasteiger partial charge in [-0.1, -0.05) is 45.2 Å². The number of hydrogen-bond donors (Lipinski definition) is 1. The minimum absolute atomic E-state index is 0.0664. The molecule has 0 spiro atoms. The third-order valence-electron chi connectivity index (χ3n) is 2.61. The molecule has 0 aromatic heterocycles. The minimum atomic E-state index is -0.538. The van der Waals surface area contributed by atoms with Crippen LogP contribution in [0, 0.1) is 0 Å². The summed E-state index contributed by atoms with van der Waals surface area (Å²) in [6, 6.07) is 9.98. The van der Waals surface area contributed by atoms with Crippen LogP contribution in [0.15, 0.2) is 40.9 Å². The second-order valence-electron chi connectivity index (χ2n) is 4.04. The van der Waals surface area contributed by atoms with Gasteiger partial charge in [0.1, 0.15) is 6.61 Å². The van der Waals surface area contributed by atoms with Crippen LogP contribution in [-0.2, 0) is 11.3 Å². The fourth-order valence-electron chi connectivity index (χ4n) is 1.57. The van der Waals surface area contributed by atoms with Gasteiger partial charge in [0.05, 0.1) is 5.56 Å². The maximum Gasteiger partial charge on any atom is 0.340 e. The third-order valence-corrected chi connectivity index (χ3v) is 3.69. The predicted octanol–water partition coefficient (Wildman–Crippen LogP) is 4.70. The van der Waals surface area contributed by atoms with Gasteiger partial charge in [0.15, 0.2) is 0 Å². The number of nitrogen functional groups attached to an aromatic ring is 1. The van der Waals surface area contributed by atoms with Gasteiger partial charge in [0.25, 0.3) is 0 Å². The van der Waals surface area contributed by atoms with Crippen LogP contribution >= 0.6 is 39.1 Å². The Kier molecular flexibility index (Phi) is 4.91. The van der Waals surface area contributed by atoms with E-state index in [-0.39, 0.29) is 12.2 Å². The number of esters is 1. The predicted molar refractivity (Wildman–Crippen MR) is 84.1 cm³/mol. The van der Waals surface area contributed by atoms with Crippen molar-refractivity contribution in [1.29, 1.82) is 0 Å². The van der Waals surface area contributed by atoms with Crippen LogP contribution in [0.1, 0.15) is 15.9 Å². The Balaban J connectivity index is 2.10. The van der Waals surface area contributed by atoms with E-state index in [4.69, 9.17) is 33.7 Å². The molecule has 3 nitrogen and oxygen atoms in total. The van der Waals surface area contributed by atoms with Crippen molar-refractivity contribution in [1.82, 2.24) is 0 Å². The van der Waals surface area contributed by atoms with E-state index in [0.717, 1.165) is 4.47 Å². The molecular formula is C14H10BrCl2NO2. The van der Waals surface area contributed by atoms with Crippen LogP contribution in [-0.4, -0.2) is 5.97 Å². The molecule has 0 heterocycles. The summed E-state index contributed by atoms with van der Waals surface area (Å²) in [5, 5.41) is 0.944. The highest BCUT2D eigenvalue weighted by Crippen LogP contribution is 2.23. The second kappa shape index (κ2) is 6.48. The molecule has 2 rings (SSSR count). The number of anilines is 1. The lowest BCUT2D eigenvalue weighted by Gasteiger charge is -2.09. The Bertz CT molecular complexity index is 662. The van der Waals surface area contributed by atoms with Crippen molar-refractivity contribution in [3.8, 4) is 0 Å². The summed E-state index contributed by atoms with van der Waals surface area (Å²) in [6.07, 6.45) is 0. The van der Waals surface area contributed by atoms with E-state index in [1.807, 2.05) is 6.07 Å². The van der Waals surface area contributed by atoms with Gasteiger partial charge in [-0.25, -0.2) is 4.79 Å². The maximum atomic E-state index is 12.0. The summed E-state index contributed by atoms with van der Waals surface area (Å²) >= 11 is 15.2. The first-order valence-corrected chi connectivity index (χ1v) is 7.18. The Hall–Kier alpha value is -1.23. The summed E-state index contributed by atoms with van der Waals surface area (Å²) < 4.78 is 6.05. The minimum Gasteiger partial charge on any atom is -0.457 e. The van der Waals surface area contributed by atoms with Crippen LogP contribution in [0.2, 0.25) is 10.0 Å². The van der Waals surface area contributed by atoms with E-state index in [1.54, 1.807) is 24.3 Å². The number of rotatable bonds is 3. The first-order valence-electron chi connectivity index (χ1n) is 5.63. The zero-order chi connectivity index (χ0) is 14.7. The van der Waals surface area contributed by atoms with Crippen molar-refractivity contribution in [3.63, 3.8) is 0 Å². The van der Waals surface area contributed by atoms with Crippen molar-refractivity contribution in [3.05, 3.63) is 62.0 Å². The highest BCUT2D eigenvalue weighted by molar-refractivity contribution is 9.10. The highest BCUT2D eigenvalue weighted by atomic mass is 79.9. The van der Waals surface area contributed by atoms with Gasteiger partial charge in [-0.15, -0.1) is 0 Å². The molecule has 2 N–H and O–H groups in total. The molecule has 0 saturated carbocycles. The SMILES string of the molecule is Nc1ccc(Cl)cc1C(=O)OCc1ccc(Br)cc1Cl. The molecule has 6 heteroatoms. The Morgan fingerprint density at radius 1 is 1.20 bits per heavy atom. The Labute approximate surface area is 134 Å². The second-order valence-corrected chi connectivity index (χ2v) is 5.80. The standard InChI is InChI=1S/C14H10BrCl2NO2/c15-9-2-1-8(12(17)5-9)7-20-14(19)11-6-10(16)3-4-13(11)18/h1-6H,7,18H2. The lowest BCUT2D eigenvalue weighted by Crippen LogP contribution is -2.08. The van der Waals surface area contributed by atoms with Crippen LogP contribution in [0.5, 0.6) is 0 Å². The Morgan fingerprint density at radius 3 is 2.65 bits per heavy atom. The Morgan fingerprint density at radius 2 is 1.95 bits per heavy atom. The van der Waals surface area contributed by atoms with Crippen molar-refractivity contribution < 1.29 is 9.53 Å². The zero-order valence-corrected chi connectivity index (χ0v) is 13.3. The van der Waals surface area contributed by atoms with E-state index in [2.05, 4.69) is 15.9 Å². The molecule has 0 fully saturated rings. The molecule has 0 unspecified atom stereocenters. The summed E-state index contributed by atoms with van der Waals surface area (Å²) in [5.74, 6) is -0.538. The van der Waals surface area contributed by atoms with Gasteiger partial charge in [-0.2, -0.15) is 0 Å². The number of halogens is 3. The molecule has 0 saturated heterocycles. The smallest absolute Gasteiger partial charge is 0.340 e. The third kappa shape index (κ3) is 3.66. The zero-order valence-electron chi connectivity index (χ0n) is 10.2. The molecule has 20 heavy (non-hydrogen) atoms. The quantitative estimate of drug-likeness (QED) is 0.626. The molecule has 0 radical (unpaired) electrons. The highest BCUT2D eigenvalue weighted by Gasteiger charge is 2.13. The summed E-state index contributed by atoms with van der Waals surface area (Å²) in [5.41, 5.74) is 6.99. The largest absolute Gasteiger partial charge is 0.457 e. The monoisotopic (exact) mass is 373 g/mol. The lowest BCUT2D eigenvalue weighted by atomic mass is 10.2. The summed E-state index contributed by atoms with van der Waals surface area (Å²) in [4.78, 5) is 12.0. The molecule has 2 aromatic rings. The molecule has 0 bridgehead atoms. The molecular weight excluding hydrogens is 365 g/mol. The van der Waals surface area contributed by atoms with Crippen molar-refractivity contribution in [2.24, 2.45) is 0 Å². The molecule has 104 valence electrons. The van der Waals surface area contributed by atoms with Gasteiger partial charge in [0.2, 0.25) is 0 Å². The number of nitrogens with two attached hydrogens (primary N) is 1. The van der Waals surface area contributed by atoms with Crippen LogP contribution in [0.25, 0.3) is 0 Å². The van der Waals surface area contributed by atoms with Crippen molar-refractivity contribution >= 4 is 50.8 Å². The number of carbonyl (C=O) groups excluding carboxylic acids is 1. The maximum absolute atomic E-state index is 12.0. The van der Waals surface area contributed by atoms with Crippen LogP contribution in [0.3, 0.4) is 0 Å². The van der Waals surface area contributed by atoms with Gasteiger partial charge in [-0.3, -0.25) is 0 Å². The first kappa shape index (κ1) is 15.2. The van der Waals surface area contributed by atoms with Gasteiger partial charge >= 0.3 is 5.97 Å².